The average molecular weight is 392 g/mol. The third kappa shape index (κ3) is 2.74. The van der Waals surface area contributed by atoms with Gasteiger partial charge >= 0.3 is 0 Å². The zero-order valence-electron chi connectivity index (χ0n) is 16.9. The summed E-state index contributed by atoms with van der Waals surface area (Å²) in [4.78, 5) is 17.6. The average Bonchev–Trinajstić information content (AvgIpc) is 3.17. The first-order chi connectivity index (χ1) is 14.5. The Morgan fingerprint density at radius 3 is 2.77 bits per heavy atom. The molecule has 0 saturated carbocycles. The van der Waals surface area contributed by atoms with E-state index in [0.717, 1.165) is 33.4 Å². The van der Waals surface area contributed by atoms with Crippen molar-refractivity contribution in [3.8, 4) is 11.8 Å². The highest BCUT2D eigenvalue weighted by atomic mass is 16.5. The van der Waals surface area contributed by atoms with Crippen LogP contribution in [-0.2, 0) is 18.4 Å². The Morgan fingerprint density at radius 1 is 1.13 bits per heavy atom. The first-order valence-corrected chi connectivity index (χ1v) is 9.97. The molecule has 0 saturated heterocycles. The van der Waals surface area contributed by atoms with Crippen molar-refractivity contribution in [2.24, 2.45) is 0 Å². The molecule has 5 rings (SSSR count). The summed E-state index contributed by atoms with van der Waals surface area (Å²) in [7, 11) is 0. The number of carbonyl (C=O) groups is 1. The molecule has 4 nitrogen and oxygen atoms in total. The highest BCUT2D eigenvalue weighted by Gasteiger charge is 2.42. The summed E-state index contributed by atoms with van der Waals surface area (Å²) in [5.74, 6) is 0.707. The van der Waals surface area contributed by atoms with E-state index in [1.165, 1.54) is 0 Å². The van der Waals surface area contributed by atoms with E-state index in [2.05, 4.69) is 24.9 Å². The molecule has 0 atom stereocenters. The summed E-state index contributed by atoms with van der Waals surface area (Å²) < 4.78 is 5.94. The number of Topliss-reactive ketones (excluding diaryl/α,β-unsaturated/α-hetero) is 1. The van der Waals surface area contributed by atoms with Gasteiger partial charge in [-0.3, -0.25) is 9.78 Å². The van der Waals surface area contributed by atoms with Crippen LogP contribution in [0.15, 0.2) is 66.5 Å². The molecule has 2 aliphatic rings. The molecule has 1 heterocycles. The predicted molar refractivity (Wildman–Crippen MR) is 114 cm³/mol. The molecule has 4 heteroatoms. The highest BCUT2D eigenvalue weighted by Crippen LogP contribution is 2.50. The monoisotopic (exact) mass is 392 g/mol. The number of fused-ring (bicyclic) bond motifs is 3. The molecule has 0 unspecified atom stereocenters. The Balaban J connectivity index is 1.53. The topological polar surface area (TPSA) is 63.0 Å². The largest absolute Gasteiger partial charge is 0.489 e. The standard InChI is InChI=1S/C26H20N2O2/c1-26(2)22-8-6-19(30-15-17-4-3-9-28-14-17)12-21(22)25(29)24-20-7-5-16(13-27)10-18(20)11-23(24)26/h3-10,12,14H,11,15H2,1-2H3. The van der Waals surface area contributed by atoms with Crippen molar-refractivity contribution in [3.05, 3.63) is 99.9 Å². The summed E-state index contributed by atoms with van der Waals surface area (Å²) in [6, 6.07) is 17.5. The Hall–Kier alpha value is -3.71. The second kappa shape index (κ2) is 6.67. The summed E-state index contributed by atoms with van der Waals surface area (Å²) in [5.41, 5.74) is 6.98. The normalized spacial score (nSPS) is 15.8. The lowest BCUT2D eigenvalue weighted by Crippen LogP contribution is -2.29. The number of nitriles is 1. The van der Waals surface area contributed by atoms with E-state index in [4.69, 9.17) is 4.74 Å². The van der Waals surface area contributed by atoms with Crippen LogP contribution in [0, 0.1) is 11.3 Å². The fourth-order valence-corrected chi connectivity index (χ4v) is 4.58. The van der Waals surface area contributed by atoms with Crippen LogP contribution < -0.4 is 4.74 Å². The summed E-state index contributed by atoms with van der Waals surface area (Å²) >= 11 is 0. The number of ether oxygens (including phenoxy) is 1. The van der Waals surface area contributed by atoms with Crippen LogP contribution in [0.3, 0.4) is 0 Å². The lowest BCUT2D eigenvalue weighted by molar-refractivity contribution is 0.105. The van der Waals surface area contributed by atoms with Crippen LogP contribution >= 0.6 is 0 Å². The van der Waals surface area contributed by atoms with Gasteiger partial charge in [0, 0.05) is 34.5 Å². The number of nitrogens with zero attached hydrogens (tertiary/aromatic N) is 2. The zero-order valence-corrected chi connectivity index (χ0v) is 16.9. The van der Waals surface area contributed by atoms with E-state index in [-0.39, 0.29) is 11.2 Å². The molecule has 30 heavy (non-hydrogen) atoms. The minimum absolute atomic E-state index is 0.0367. The third-order valence-electron chi connectivity index (χ3n) is 6.19. The van der Waals surface area contributed by atoms with E-state index in [9.17, 15) is 10.1 Å². The first kappa shape index (κ1) is 18.3. The molecular formula is C26H20N2O2. The molecule has 0 N–H and O–H groups in total. The van der Waals surface area contributed by atoms with Crippen molar-refractivity contribution in [3.63, 3.8) is 0 Å². The van der Waals surface area contributed by atoms with Gasteiger partial charge in [-0.15, -0.1) is 0 Å². The second-order valence-corrected chi connectivity index (χ2v) is 8.33. The minimum atomic E-state index is -0.272. The van der Waals surface area contributed by atoms with Gasteiger partial charge in [0.25, 0.3) is 0 Å². The SMILES string of the molecule is CC1(C)C2=C(C(=O)c3cc(OCc4cccnc4)ccc31)c1ccc(C#N)cc1C2. The Kier molecular flexibility index (Phi) is 4.08. The number of hydrogen-bond donors (Lipinski definition) is 0. The van der Waals surface area contributed by atoms with Gasteiger partial charge in [0.15, 0.2) is 5.78 Å². The number of pyridine rings is 1. The highest BCUT2D eigenvalue weighted by molar-refractivity contribution is 6.33. The summed E-state index contributed by atoms with van der Waals surface area (Å²) in [5, 5.41) is 9.24. The van der Waals surface area contributed by atoms with Gasteiger partial charge in [0.1, 0.15) is 12.4 Å². The third-order valence-corrected chi connectivity index (χ3v) is 6.19. The van der Waals surface area contributed by atoms with Gasteiger partial charge < -0.3 is 4.74 Å². The Labute approximate surface area is 175 Å². The molecule has 0 aliphatic heterocycles. The maximum atomic E-state index is 13.5. The van der Waals surface area contributed by atoms with Crippen LogP contribution in [0.1, 0.15) is 52.0 Å². The lowest BCUT2D eigenvalue weighted by atomic mass is 9.68. The maximum absolute atomic E-state index is 13.5. The zero-order chi connectivity index (χ0) is 20.9. The van der Waals surface area contributed by atoms with Crippen molar-refractivity contribution in [1.29, 1.82) is 5.26 Å². The van der Waals surface area contributed by atoms with Gasteiger partial charge in [0.2, 0.25) is 0 Å². The van der Waals surface area contributed by atoms with Crippen molar-refractivity contribution in [1.82, 2.24) is 4.98 Å². The van der Waals surface area contributed by atoms with Gasteiger partial charge in [-0.25, -0.2) is 0 Å². The van der Waals surface area contributed by atoms with E-state index in [1.807, 2.05) is 42.5 Å². The van der Waals surface area contributed by atoms with Gasteiger partial charge in [0.05, 0.1) is 11.6 Å². The van der Waals surface area contributed by atoms with Crippen LogP contribution in [-0.4, -0.2) is 10.8 Å². The predicted octanol–water partition coefficient (Wildman–Crippen LogP) is 5.02. The molecule has 0 amide bonds. The molecule has 0 bridgehead atoms. The first-order valence-electron chi connectivity index (χ1n) is 9.97. The maximum Gasteiger partial charge on any atom is 0.194 e. The lowest BCUT2D eigenvalue weighted by Gasteiger charge is -2.34. The van der Waals surface area contributed by atoms with Crippen molar-refractivity contribution < 1.29 is 9.53 Å². The van der Waals surface area contributed by atoms with Crippen molar-refractivity contribution in [2.75, 3.05) is 0 Å². The Bertz CT molecular complexity index is 1260. The van der Waals surface area contributed by atoms with Gasteiger partial charge in [-0.2, -0.15) is 5.26 Å². The summed E-state index contributed by atoms with van der Waals surface area (Å²) in [6.07, 6.45) is 4.21. The molecule has 2 aromatic carbocycles. The molecule has 0 radical (unpaired) electrons. The summed E-state index contributed by atoms with van der Waals surface area (Å²) in [6.45, 7) is 4.74. The number of aromatic nitrogens is 1. The van der Waals surface area contributed by atoms with Crippen molar-refractivity contribution in [2.45, 2.75) is 32.3 Å². The molecule has 2 aliphatic carbocycles. The number of rotatable bonds is 3. The van der Waals surface area contributed by atoms with E-state index in [0.29, 0.717) is 29.9 Å². The number of carbonyl (C=O) groups excluding carboxylic acids is 1. The van der Waals surface area contributed by atoms with E-state index < -0.39 is 0 Å². The van der Waals surface area contributed by atoms with Crippen LogP contribution in [0.2, 0.25) is 0 Å². The van der Waals surface area contributed by atoms with Gasteiger partial charge in [-0.1, -0.05) is 32.0 Å². The van der Waals surface area contributed by atoms with Crippen LogP contribution in [0.5, 0.6) is 5.75 Å². The Morgan fingerprint density at radius 2 is 2.00 bits per heavy atom. The number of allylic oxidation sites excluding steroid dienone is 2. The quantitative estimate of drug-likeness (QED) is 0.628. The van der Waals surface area contributed by atoms with E-state index >= 15 is 0 Å². The molecular weight excluding hydrogens is 372 g/mol. The fourth-order valence-electron chi connectivity index (χ4n) is 4.58. The van der Waals surface area contributed by atoms with Crippen molar-refractivity contribution >= 4 is 11.4 Å². The number of hydrogen-bond acceptors (Lipinski definition) is 4. The molecule has 0 fully saturated rings. The molecule has 1 aromatic heterocycles. The fraction of sp³-hybridized carbons (Fsp3) is 0.192. The molecule has 146 valence electrons. The molecule has 0 spiro atoms. The number of benzene rings is 2. The minimum Gasteiger partial charge on any atom is -0.489 e. The number of ketones is 1. The van der Waals surface area contributed by atoms with Crippen LogP contribution in [0.25, 0.3) is 5.57 Å². The molecule has 3 aromatic rings. The second-order valence-electron chi connectivity index (χ2n) is 8.33. The van der Waals surface area contributed by atoms with Gasteiger partial charge in [-0.05, 0) is 59.0 Å². The van der Waals surface area contributed by atoms with E-state index in [1.54, 1.807) is 18.5 Å². The van der Waals surface area contributed by atoms with Crippen LogP contribution in [0.4, 0.5) is 0 Å². The smallest absolute Gasteiger partial charge is 0.194 e.